The second-order valence-electron chi connectivity index (χ2n) is 5.12. The molecule has 0 amide bonds. The summed E-state index contributed by atoms with van der Waals surface area (Å²) in [5, 5.41) is 8.82. The lowest BCUT2D eigenvalue weighted by atomic mass is 9.90. The molecule has 0 saturated carbocycles. The molecule has 0 heterocycles. The van der Waals surface area contributed by atoms with E-state index < -0.39 is 5.97 Å². The molecule has 118 valence electrons. The van der Waals surface area contributed by atoms with E-state index in [-0.39, 0.29) is 18.4 Å². The Hall–Kier alpha value is -1.27. The van der Waals surface area contributed by atoms with Gasteiger partial charge in [-0.2, -0.15) is 0 Å². The van der Waals surface area contributed by atoms with Crippen LogP contribution in [0.1, 0.15) is 49.8 Å². The first-order valence-electron chi connectivity index (χ1n) is 6.75. The van der Waals surface area contributed by atoms with Crippen LogP contribution < -0.4 is 15.2 Å². The number of hydrogen-bond donors (Lipinski definition) is 2. The van der Waals surface area contributed by atoms with Crippen molar-refractivity contribution in [3.05, 3.63) is 21.7 Å². The number of carboxylic acids is 1. The van der Waals surface area contributed by atoms with Gasteiger partial charge in [0.15, 0.2) is 11.5 Å². The summed E-state index contributed by atoms with van der Waals surface area (Å²) in [7, 11) is 3.17. The van der Waals surface area contributed by atoms with E-state index in [0.717, 1.165) is 15.6 Å². The van der Waals surface area contributed by atoms with Crippen molar-refractivity contribution in [2.24, 2.45) is 5.73 Å². The SMILES string of the molecule is COc1c(Br)cc(C(N)CCC(=O)O)c(C(C)C)c1OC. The van der Waals surface area contributed by atoms with Gasteiger partial charge in [0, 0.05) is 18.0 Å². The van der Waals surface area contributed by atoms with Crippen LogP contribution in [-0.2, 0) is 4.79 Å². The minimum absolute atomic E-state index is 0.0324. The fraction of sp³-hybridized carbons (Fsp3) is 0.533. The summed E-state index contributed by atoms with van der Waals surface area (Å²) in [5.74, 6) is 0.585. The highest BCUT2D eigenvalue weighted by Gasteiger charge is 2.24. The summed E-state index contributed by atoms with van der Waals surface area (Å²) in [6.45, 7) is 4.08. The summed E-state index contributed by atoms with van der Waals surface area (Å²) in [6.07, 6.45) is 0.404. The lowest BCUT2D eigenvalue weighted by Gasteiger charge is -2.24. The van der Waals surface area contributed by atoms with Crippen LogP contribution in [0.5, 0.6) is 11.5 Å². The number of benzene rings is 1. The smallest absolute Gasteiger partial charge is 0.303 e. The molecule has 0 radical (unpaired) electrons. The molecule has 3 N–H and O–H groups in total. The van der Waals surface area contributed by atoms with Crippen molar-refractivity contribution in [2.45, 2.75) is 38.6 Å². The first-order valence-corrected chi connectivity index (χ1v) is 7.54. The third kappa shape index (κ3) is 4.11. The molecule has 0 aliphatic heterocycles. The molecule has 5 nitrogen and oxygen atoms in total. The summed E-state index contributed by atoms with van der Waals surface area (Å²) in [4.78, 5) is 10.7. The van der Waals surface area contributed by atoms with Crippen molar-refractivity contribution in [1.82, 2.24) is 0 Å². The number of halogens is 1. The molecule has 6 heteroatoms. The Kier molecular flexibility index (Phi) is 6.48. The van der Waals surface area contributed by atoms with Gasteiger partial charge in [-0.25, -0.2) is 0 Å². The fourth-order valence-electron chi connectivity index (χ4n) is 2.37. The third-order valence-electron chi connectivity index (χ3n) is 3.32. The zero-order valence-electron chi connectivity index (χ0n) is 12.8. The van der Waals surface area contributed by atoms with E-state index in [9.17, 15) is 4.79 Å². The summed E-state index contributed by atoms with van der Waals surface area (Å²) in [5.41, 5.74) is 8.02. The zero-order valence-corrected chi connectivity index (χ0v) is 14.4. The fourth-order valence-corrected chi connectivity index (χ4v) is 2.96. The standard InChI is InChI=1S/C15H22BrNO4/c1-8(2)13-9(11(17)5-6-12(18)19)7-10(16)14(20-3)15(13)21-4/h7-8,11H,5-6,17H2,1-4H3,(H,18,19). The summed E-state index contributed by atoms with van der Waals surface area (Å²) in [6, 6.07) is 1.53. The number of rotatable bonds is 7. The molecular formula is C15H22BrNO4. The maximum atomic E-state index is 10.7. The molecule has 0 aromatic heterocycles. The molecule has 1 unspecified atom stereocenters. The van der Waals surface area contributed by atoms with Gasteiger partial charge in [0.2, 0.25) is 0 Å². The number of methoxy groups -OCH3 is 2. The van der Waals surface area contributed by atoms with Crippen molar-refractivity contribution >= 4 is 21.9 Å². The van der Waals surface area contributed by atoms with E-state index in [1.165, 1.54) is 0 Å². The Morgan fingerprint density at radius 1 is 1.33 bits per heavy atom. The second-order valence-corrected chi connectivity index (χ2v) is 5.98. The highest BCUT2D eigenvalue weighted by atomic mass is 79.9. The van der Waals surface area contributed by atoms with Gasteiger partial charge in [0.05, 0.1) is 18.7 Å². The van der Waals surface area contributed by atoms with Crippen LogP contribution in [0.2, 0.25) is 0 Å². The zero-order chi connectivity index (χ0) is 16.2. The van der Waals surface area contributed by atoms with E-state index >= 15 is 0 Å². The van der Waals surface area contributed by atoms with E-state index in [1.54, 1.807) is 14.2 Å². The van der Waals surface area contributed by atoms with Gasteiger partial charge in [-0.15, -0.1) is 0 Å². The molecule has 0 fully saturated rings. The first-order chi connectivity index (χ1) is 9.83. The van der Waals surface area contributed by atoms with Crippen LogP contribution >= 0.6 is 15.9 Å². The lowest BCUT2D eigenvalue weighted by Crippen LogP contribution is -2.16. The lowest BCUT2D eigenvalue weighted by molar-refractivity contribution is -0.137. The van der Waals surface area contributed by atoms with Crippen LogP contribution in [0.3, 0.4) is 0 Å². The van der Waals surface area contributed by atoms with E-state index in [2.05, 4.69) is 15.9 Å². The normalized spacial score (nSPS) is 12.3. The molecule has 0 aliphatic rings. The van der Waals surface area contributed by atoms with Crippen LogP contribution in [0.15, 0.2) is 10.5 Å². The monoisotopic (exact) mass is 359 g/mol. The van der Waals surface area contributed by atoms with E-state index in [0.29, 0.717) is 17.9 Å². The first kappa shape index (κ1) is 17.8. The molecule has 1 rings (SSSR count). The van der Waals surface area contributed by atoms with Crippen LogP contribution in [-0.4, -0.2) is 25.3 Å². The number of carboxylic acid groups (broad SMARTS) is 1. The van der Waals surface area contributed by atoms with Crippen molar-refractivity contribution in [2.75, 3.05) is 14.2 Å². The van der Waals surface area contributed by atoms with Gasteiger partial charge in [0.1, 0.15) is 0 Å². The number of aliphatic carboxylic acids is 1. The molecule has 0 aliphatic carbocycles. The molecule has 0 bridgehead atoms. The van der Waals surface area contributed by atoms with Gasteiger partial charge in [-0.05, 0) is 39.9 Å². The Bertz CT molecular complexity index is 517. The van der Waals surface area contributed by atoms with Gasteiger partial charge in [-0.3, -0.25) is 4.79 Å². The van der Waals surface area contributed by atoms with Crippen LogP contribution in [0.25, 0.3) is 0 Å². The average Bonchev–Trinajstić information content (AvgIpc) is 2.42. The number of nitrogens with two attached hydrogens (primary N) is 1. The molecular weight excluding hydrogens is 338 g/mol. The summed E-state index contributed by atoms with van der Waals surface area (Å²) >= 11 is 3.45. The highest BCUT2D eigenvalue weighted by molar-refractivity contribution is 9.10. The van der Waals surface area contributed by atoms with Gasteiger partial charge in [-0.1, -0.05) is 13.8 Å². The Balaban J connectivity index is 3.36. The van der Waals surface area contributed by atoms with Crippen molar-refractivity contribution in [3.8, 4) is 11.5 Å². The maximum Gasteiger partial charge on any atom is 0.303 e. The molecule has 0 spiro atoms. The van der Waals surface area contributed by atoms with Gasteiger partial charge < -0.3 is 20.3 Å². The minimum Gasteiger partial charge on any atom is -0.493 e. The maximum absolute atomic E-state index is 10.7. The summed E-state index contributed by atoms with van der Waals surface area (Å²) < 4.78 is 11.6. The van der Waals surface area contributed by atoms with Crippen molar-refractivity contribution < 1.29 is 19.4 Å². The van der Waals surface area contributed by atoms with Crippen LogP contribution in [0.4, 0.5) is 0 Å². The van der Waals surface area contributed by atoms with E-state index in [4.69, 9.17) is 20.3 Å². The predicted molar refractivity (Wildman–Crippen MR) is 85.1 cm³/mol. The number of carbonyl (C=O) groups is 1. The second kappa shape index (κ2) is 7.66. The van der Waals surface area contributed by atoms with Crippen LogP contribution in [0, 0.1) is 0 Å². The number of hydrogen-bond acceptors (Lipinski definition) is 4. The quantitative estimate of drug-likeness (QED) is 0.778. The van der Waals surface area contributed by atoms with E-state index in [1.807, 2.05) is 19.9 Å². The molecule has 1 aromatic carbocycles. The Morgan fingerprint density at radius 3 is 2.33 bits per heavy atom. The van der Waals surface area contributed by atoms with Crippen molar-refractivity contribution in [3.63, 3.8) is 0 Å². The Labute approximate surface area is 133 Å². The van der Waals surface area contributed by atoms with Crippen molar-refractivity contribution in [1.29, 1.82) is 0 Å². The van der Waals surface area contributed by atoms with Gasteiger partial charge >= 0.3 is 5.97 Å². The topological polar surface area (TPSA) is 81.8 Å². The predicted octanol–water partition coefficient (Wildman–Crippen LogP) is 3.45. The molecule has 1 aromatic rings. The largest absolute Gasteiger partial charge is 0.493 e. The Morgan fingerprint density at radius 2 is 1.90 bits per heavy atom. The molecule has 0 saturated heterocycles. The van der Waals surface area contributed by atoms with Gasteiger partial charge in [0.25, 0.3) is 0 Å². The highest BCUT2D eigenvalue weighted by Crippen LogP contribution is 2.45. The molecule has 1 atom stereocenters. The number of ether oxygens (including phenoxy) is 2. The molecule has 21 heavy (non-hydrogen) atoms. The third-order valence-corrected chi connectivity index (χ3v) is 3.90. The average molecular weight is 360 g/mol. The minimum atomic E-state index is -0.851.